The van der Waals surface area contributed by atoms with Crippen LogP contribution in [0.3, 0.4) is 0 Å². The third-order valence-corrected chi connectivity index (χ3v) is 13.4. The van der Waals surface area contributed by atoms with E-state index in [1.54, 1.807) is 0 Å². The maximum atomic E-state index is 12.9. The third kappa shape index (κ3) is 2.64. The van der Waals surface area contributed by atoms with Gasteiger partial charge in [-0.3, -0.25) is 4.79 Å². The molecule has 6 rings (SSSR count). The lowest BCUT2D eigenvalue weighted by molar-refractivity contribution is -0.175. The number of fused-ring (bicyclic) bond motifs is 3. The molecule has 4 aliphatic carbocycles. The molecule has 2 heterocycles. The SMILES string of the molecule is C[C@H](C[C@@H](O)[C@@H]1OC1(C)C)[C@H]1CC[C@]2(C)[C@@]34O[C@@H]3CC3C(C)(C)C(=O)CC[C@]3(C)[C@H]4CC[C@@]12C. The van der Waals surface area contributed by atoms with Gasteiger partial charge in [-0.15, -0.1) is 0 Å². The van der Waals surface area contributed by atoms with Crippen LogP contribution in [0.5, 0.6) is 0 Å². The number of hydrogen-bond acceptors (Lipinski definition) is 4. The quantitative estimate of drug-likeness (QED) is 0.515. The van der Waals surface area contributed by atoms with Crippen molar-refractivity contribution >= 4 is 5.78 Å². The molecular weight excluding hydrogens is 424 g/mol. The summed E-state index contributed by atoms with van der Waals surface area (Å²) >= 11 is 0. The Labute approximate surface area is 206 Å². The highest BCUT2D eigenvalue weighted by atomic mass is 16.6. The largest absolute Gasteiger partial charge is 0.390 e. The van der Waals surface area contributed by atoms with E-state index in [9.17, 15) is 9.90 Å². The summed E-state index contributed by atoms with van der Waals surface area (Å²) in [7, 11) is 0. The minimum atomic E-state index is -0.365. The van der Waals surface area contributed by atoms with Crippen LogP contribution in [0.1, 0.15) is 107 Å². The molecule has 11 atom stereocenters. The standard InChI is InChI=1S/C30H48O4/c1-17(15-19(31)24-26(4,5)34-24)18-9-14-29(8)28(18,7)13-10-20-27(6)12-11-22(32)25(2,3)21(27)16-23-30(20,29)33-23/h17-21,23-24,31H,9-16H2,1-8H3/t17-,18-,19-,20-,21?,23-,24+,27-,28+,29+,30+/m1/s1. The second kappa shape index (κ2) is 6.70. The fourth-order valence-corrected chi connectivity index (χ4v) is 11.1. The number of ether oxygens (including phenoxy) is 2. The van der Waals surface area contributed by atoms with E-state index in [4.69, 9.17) is 9.47 Å². The molecule has 1 N–H and O–H groups in total. The molecule has 2 aliphatic heterocycles. The Morgan fingerprint density at radius 2 is 1.65 bits per heavy atom. The Hall–Kier alpha value is -0.450. The van der Waals surface area contributed by atoms with Crippen molar-refractivity contribution in [1.82, 2.24) is 0 Å². The molecule has 0 radical (unpaired) electrons. The monoisotopic (exact) mass is 472 g/mol. The van der Waals surface area contributed by atoms with Crippen LogP contribution in [0, 0.1) is 45.3 Å². The zero-order valence-electron chi connectivity index (χ0n) is 22.9. The van der Waals surface area contributed by atoms with Gasteiger partial charge < -0.3 is 14.6 Å². The van der Waals surface area contributed by atoms with Gasteiger partial charge in [-0.1, -0.05) is 41.5 Å². The first-order valence-corrected chi connectivity index (χ1v) is 14.2. The Balaban J connectivity index is 1.28. The molecule has 0 aromatic heterocycles. The van der Waals surface area contributed by atoms with Gasteiger partial charge in [-0.05, 0) is 93.3 Å². The van der Waals surface area contributed by atoms with E-state index in [0.29, 0.717) is 35.6 Å². The molecule has 4 nitrogen and oxygen atoms in total. The molecule has 1 unspecified atom stereocenters. The summed E-state index contributed by atoms with van der Waals surface area (Å²) in [4.78, 5) is 12.9. The van der Waals surface area contributed by atoms with E-state index < -0.39 is 0 Å². The minimum Gasteiger partial charge on any atom is -0.390 e. The molecule has 6 aliphatic rings. The van der Waals surface area contributed by atoms with Gasteiger partial charge in [0.25, 0.3) is 0 Å². The fraction of sp³-hybridized carbons (Fsp3) is 0.967. The number of carbonyl (C=O) groups is 1. The highest BCUT2D eigenvalue weighted by Gasteiger charge is 2.83. The predicted octanol–water partition coefficient (Wildman–Crippen LogP) is 5.94. The van der Waals surface area contributed by atoms with Gasteiger partial charge in [0.15, 0.2) is 0 Å². The number of rotatable bonds is 4. The summed E-state index contributed by atoms with van der Waals surface area (Å²) in [6.45, 7) is 18.6. The minimum absolute atomic E-state index is 0.00357. The number of hydrogen-bond donors (Lipinski definition) is 1. The van der Waals surface area contributed by atoms with Crippen molar-refractivity contribution in [3.63, 3.8) is 0 Å². The zero-order valence-corrected chi connectivity index (χ0v) is 22.9. The van der Waals surface area contributed by atoms with E-state index in [1.165, 1.54) is 25.7 Å². The van der Waals surface area contributed by atoms with Crippen LogP contribution in [0.15, 0.2) is 0 Å². The van der Waals surface area contributed by atoms with Crippen molar-refractivity contribution in [2.75, 3.05) is 0 Å². The van der Waals surface area contributed by atoms with E-state index in [-0.39, 0.29) is 45.1 Å². The highest BCUT2D eigenvalue weighted by Crippen LogP contribution is 2.81. The number of carbonyl (C=O) groups excluding carboxylic acids is 1. The summed E-state index contributed by atoms with van der Waals surface area (Å²) in [5.74, 6) is 2.56. The van der Waals surface area contributed by atoms with Crippen molar-refractivity contribution in [1.29, 1.82) is 0 Å². The third-order valence-electron chi connectivity index (χ3n) is 13.4. The average Bonchev–Trinajstić information content (AvgIpc) is 3.59. The lowest BCUT2D eigenvalue weighted by Gasteiger charge is -2.65. The maximum absolute atomic E-state index is 12.9. The molecular formula is C30H48O4. The molecule has 192 valence electrons. The molecule has 6 fully saturated rings. The maximum Gasteiger partial charge on any atom is 0.138 e. The number of aliphatic hydroxyl groups is 1. The van der Waals surface area contributed by atoms with Gasteiger partial charge in [-0.2, -0.15) is 0 Å². The lowest BCUT2D eigenvalue weighted by atomic mass is 9.38. The smallest absolute Gasteiger partial charge is 0.138 e. The molecule has 0 bridgehead atoms. The molecule has 4 heteroatoms. The number of epoxide rings is 2. The summed E-state index contributed by atoms with van der Waals surface area (Å²) < 4.78 is 12.7. The second-order valence-electron chi connectivity index (χ2n) is 15.2. The lowest BCUT2D eigenvalue weighted by Crippen LogP contribution is -2.65. The van der Waals surface area contributed by atoms with Crippen LogP contribution in [0.25, 0.3) is 0 Å². The summed E-state index contributed by atoms with van der Waals surface area (Å²) in [5.41, 5.74) is 0.212. The molecule has 2 saturated heterocycles. The van der Waals surface area contributed by atoms with Crippen LogP contribution in [-0.2, 0) is 14.3 Å². The van der Waals surface area contributed by atoms with E-state index in [1.807, 2.05) is 0 Å². The van der Waals surface area contributed by atoms with Gasteiger partial charge in [0, 0.05) is 17.3 Å². The second-order valence-corrected chi connectivity index (χ2v) is 15.2. The average molecular weight is 473 g/mol. The predicted molar refractivity (Wildman–Crippen MR) is 132 cm³/mol. The van der Waals surface area contributed by atoms with Crippen LogP contribution >= 0.6 is 0 Å². The zero-order chi connectivity index (χ0) is 24.7. The van der Waals surface area contributed by atoms with Crippen LogP contribution in [0.2, 0.25) is 0 Å². The number of Topliss-reactive ketones (excluding diaryl/α,β-unsaturated/α-hetero) is 1. The first-order valence-electron chi connectivity index (χ1n) is 14.2. The van der Waals surface area contributed by atoms with Crippen molar-refractivity contribution in [3.05, 3.63) is 0 Å². The van der Waals surface area contributed by atoms with Gasteiger partial charge in [0.2, 0.25) is 0 Å². The Morgan fingerprint density at radius 1 is 0.971 bits per heavy atom. The van der Waals surface area contributed by atoms with Crippen molar-refractivity contribution in [3.8, 4) is 0 Å². The first kappa shape index (κ1) is 23.9. The van der Waals surface area contributed by atoms with Crippen molar-refractivity contribution in [2.24, 2.45) is 45.3 Å². The van der Waals surface area contributed by atoms with E-state index in [0.717, 1.165) is 25.7 Å². The number of ketones is 1. The Bertz CT molecular complexity index is 909. The molecule has 0 aromatic carbocycles. The Kier molecular flexibility index (Phi) is 4.71. The van der Waals surface area contributed by atoms with Crippen LogP contribution in [-0.4, -0.2) is 40.4 Å². The Morgan fingerprint density at radius 3 is 2.29 bits per heavy atom. The molecule has 0 aromatic rings. The molecule has 0 amide bonds. The number of aliphatic hydroxyl groups excluding tert-OH is 1. The topological polar surface area (TPSA) is 62.4 Å². The van der Waals surface area contributed by atoms with Gasteiger partial charge in [0.05, 0.1) is 17.8 Å². The van der Waals surface area contributed by atoms with Crippen LogP contribution < -0.4 is 0 Å². The molecule has 1 spiro atoms. The van der Waals surface area contributed by atoms with Crippen molar-refractivity contribution < 1.29 is 19.4 Å². The highest BCUT2D eigenvalue weighted by molar-refractivity contribution is 5.85. The summed E-state index contributed by atoms with van der Waals surface area (Å²) in [5, 5.41) is 10.9. The fourth-order valence-electron chi connectivity index (χ4n) is 11.1. The molecule has 34 heavy (non-hydrogen) atoms. The normalized spacial score (nSPS) is 55.9. The van der Waals surface area contributed by atoms with Crippen LogP contribution in [0.4, 0.5) is 0 Å². The van der Waals surface area contributed by atoms with Gasteiger partial charge in [-0.25, -0.2) is 0 Å². The molecule has 4 saturated carbocycles. The first-order chi connectivity index (χ1) is 15.7. The van der Waals surface area contributed by atoms with Crippen molar-refractivity contribution in [2.45, 2.75) is 136 Å². The van der Waals surface area contributed by atoms with E-state index >= 15 is 0 Å². The summed E-state index contributed by atoms with van der Waals surface area (Å²) in [6, 6.07) is 0. The van der Waals surface area contributed by atoms with Gasteiger partial charge >= 0.3 is 0 Å². The summed E-state index contributed by atoms with van der Waals surface area (Å²) in [6.07, 6.45) is 8.58. The van der Waals surface area contributed by atoms with Gasteiger partial charge in [0.1, 0.15) is 17.5 Å². The van der Waals surface area contributed by atoms with E-state index in [2.05, 4.69) is 55.4 Å².